The standard InChI is InChI=1S/C14H20N4O/c1-10-9-14(17-6-3-4-12(19)5-7-17)18-13(15-10)8-11(2)16-18/h8-9,12,19H,3-7H2,1-2H3. The number of aliphatic hydroxyl groups is 1. The molecule has 102 valence electrons. The van der Waals surface area contributed by atoms with Crippen molar-refractivity contribution in [2.45, 2.75) is 39.2 Å². The average molecular weight is 260 g/mol. The summed E-state index contributed by atoms with van der Waals surface area (Å²) in [4.78, 5) is 6.82. The van der Waals surface area contributed by atoms with Gasteiger partial charge in [0, 0.05) is 30.9 Å². The normalized spacial score (nSPS) is 20.8. The van der Waals surface area contributed by atoms with Crippen molar-refractivity contribution >= 4 is 11.5 Å². The number of aliphatic hydroxyl groups excluding tert-OH is 1. The van der Waals surface area contributed by atoms with Crippen LogP contribution in [-0.4, -0.2) is 38.9 Å². The first-order chi connectivity index (χ1) is 9.13. The molecular weight excluding hydrogens is 240 g/mol. The lowest BCUT2D eigenvalue weighted by atomic mass is 10.2. The summed E-state index contributed by atoms with van der Waals surface area (Å²) in [6.45, 7) is 5.84. The van der Waals surface area contributed by atoms with Crippen molar-refractivity contribution in [3.63, 3.8) is 0 Å². The van der Waals surface area contributed by atoms with Crippen LogP contribution in [0.15, 0.2) is 12.1 Å². The summed E-state index contributed by atoms with van der Waals surface area (Å²) < 4.78 is 1.92. The third-order valence-electron chi connectivity index (χ3n) is 3.68. The number of fused-ring (bicyclic) bond motifs is 1. The maximum Gasteiger partial charge on any atom is 0.157 e. The Bertz CT molecular complexity index is 592. The number of anilines is 1. The molecule has 2 aromatic rings. The minimum absolute atomic E-state index is 0.164. The Balaban J connectivity index is 2.03. The number of aryl methyl sites for hydroxylation is 2. The third-order valence-corrected chi connectivity index (χ3v) is 3.68. The monoisotopic (exact) mass is 260 g/mol. The third kappa shape index (κ3) is 2.42. The average Bonchev–Trinajstić information content (AvgIpc) is 2.58. The van der Waals surface area contributed by atoms with E-state index < -0.39 is 0 Å². The molecule has 0 spiro atoms. The molecule has 1 aliphatic rings. The van der Waals surface area contributed by atoms with Gasteiger partial charge in [-0.25, -0.2) is 4.98 Å². The van der Waals surface area contributed by atoms with Gasteiger partial charge in [-0.15, -0.1) is 0 Å². The minimum Gasteiger partial charge on any atom is -0.393 e. The van der Waals surface area contributed by atoms with Gasteiger partial charge >= 0.3 is 0 Å². The van der Waals surface area contributed by atoms with Crippen molar-refractivity contribution in [1.29, 1.82) is 0 Å². The van der Waals surface area contributed by atoms with Crippen LogP contribution in [0.4, 0.5) is 5.82 Å². The second-order valence-corrected chi connectivity index (χ2v) is 5.38. The quantitative estimate of drug-likeness (QED) is 0.848. The lowest BCUT2D eigenvalue weighted by Crippen LogP contribution is -2.27. The highest BCUT2D eigenvalue weighted by molar-refractivity contribution is 5.51. The molecule has 3 rings (SSSR count). The van der Waals surface area contributed by atoms with Gasteiger partial charge in [0.15, 0.2) is 5.65 Å². The molecule has 19 heavy (non-hydrogen) atoms. The van der Waals surface area contributed by atoms with E-state index in [9.17, 15) is 5.11 Å². The molecule has 0 aromatic carbocycles. The molecule has 0 amide bonds. The molecular formula is C14H20N4O. The molecule has 5 heteroatoms. The SMILES string of the molecule is Cc1cc(N2CCCC(O)CC2)n2nc(C)cc2n1. The van der Waals surface area contributed by atoms with Crippen molar-refractivity contribution in [2.75, 3.05) is 18.0 Å². The number of aromatic nitrogens is 3. The topological polar surface area (TPSA) is 53.7 Å². The molecule has 2 aromatic heterocycles. The van der Waals surface area contributed by atoms with Crippen LogP contribution < -0.4 is 4.90 Å². The Morgan fingerprint density at radius 3 is 2.84 bits per heavy atom. The van der Waals surface area contributed by atoms with E-state index in [4.69, 9.17) is 0 Å². The predicted molar refractivity (Wildman–Crippen MR) is 74.5 cm³/mol. The van der Waals surface area contributed by atoms with Gasteiger partial charge in [0.2, 0.25) is 0 Å². The van der Waals surface area contributed by atoms with Crippen molar-refractivity contribution in [1.82, 2.24) is 14.6 Å². The summed E-state index contributed by atoms with van der Waals surface area (Å²) in [5.74, 6) is 1.09. The van der Waals surface area contributed by atoms with Crippen LogP contribution in [0.1, 0.15) is 30.7 Å². The maximum atomic E-state index is 9.76. The Labute approximate surface area is 112 Å². The molecule has 5 nitrogen and oxygen atoms in total. The van der Waals surface area contributed by atoms with Gasteiger partial charge < -0.3 is 10.0 Å². The first-order valence-corrected chi connectivity index (χ1v) is 6.90. The maximum absolute atomic E-state index is 9.76. The summed E-state index contributed by atoms with van der Waals surface area (Å²) in [5.41, 5.74) is 2.89. The lowest BCUT2D eigenvalue weighted by Gasteiger charge is -2.23. The van der Waals surface area contributed by atoms with E-state index >= 15 is 0 Å². The highest BCUT2D eigenvalue weighted by atomic mass is 16.3. The molecule has 1 unspecified atom stereocenters. The van der Waals surface area contributed by atoms with Gasteiger partial charge in [0.25, 0.3) is 0 Å². The van der Waals surface area contributed by atoms with Gasteiger partial charge in [-0.05, 0) is 33.1 Å². The summed E-state index contributed by atoms with van der Waals surface area (Å²) in [6.07, 6.45) is 2.57. The van der Waals surface area contributed by atoms with Crippen LogP contribution in [0.25, 0.3) is 5.65 Å². The highest BCUT2D eigenvalue weighted by Crippen LogP contribution is 2.21. The van der Waals surface area contributed by atoms with Crippen LogP contribution >= 0.6 is 0 Å². The van der Waals surface area contributed by atoms with Crippen molar-refractivity contribution < 1.29 is 5.11 Å². The van der Waals surface area contributed by atoms with Crippen LogP contribution in [0.2, 0.25) is 0 Å². The number of rotatable bonds is 1. The zero-order valence-corrected chi connectivity index (χ0v) is 11.5. The van der Waals surface area contributed by atoms with Crippen LogP contribution in [0, 0.1) is 13.8 Å². The predicted octanol–water partition coefficient (Wildman–Crippen LogP) is 1.70. The summed E-state index contributed by atoms with van der Waals surface area (Å²) in [5, 5.41) is 14.3. The molecule has 3 heterocycles. The van der Waals surface area contributed by atoms with E-state index in [-0.39, 0.29) is 6.10 Å². The van der Waals surface area contributed by atoms with Crippen LogP contribution in [0.3, 0.4) is 0 Å². The van der Waals surface area contributed by atoms with E-state index in [1.807, 2.05) is 24.4 Å². The van der Waals surface area contributed by atoms with E-state index in [1.54, 1.807) is 0 Å². The Morgan fingerprint density at radius 1 is 1.16 bits per heavy atom. The summed E-state index contributed by atoms with van der Waals surface area (Å²) >= 11 is 0. The number of hydrogen-bond donors (Lipinski definition) is 1. The van der Waals surface area contributed by atoms with E-state index in [0.717, 1.165) is 55.2 Å². The van der Waals surface area contributed by atoms with E-state index in [1.165, 1.54) is 0 Å². The smallest absolute Gasteiger partial charge is 0.157 e. The first kappa shape index (κ1) is 12.4. The second-order valence-electron chi connectivity index (χ2n) is 5.38. The van der Waals surface area contributed by atoms with Crippen molar-refractivity contribution in [2.24, 2.45) is 0 Å². The Morgan fingerprint density at radius 2 is 2.00 bits per heavy atom. The molecule has 0 bridgehead atoms. The summed E-state index contributed by atoms with van der Waals surface area (Å²) in [6, 6.07) is 4.08. The zero-order valence-electron chi connectivity index (χ0n) is 11.5. The van der Waals surface area contributed by atoms with Crippen LogP contribution in [-0.2, 0) is 0 Å². The van der Waals surface area contributed by atoms with E-state index in [2.05, 4.69) is 21.0 Å². The molecule has 0 radical (unpaired) electrons. The van der Waals surface area contributed by atoms with Gasteiger partial charge in [-0.1, -0.05) is 0 Å². The fraction of sp³-hybridized carbons (Fsp3) is 0.571. The molecule has 1 aliphatic heterocycles. The van der Waals surface area contributed by atoms with Crippen molar-refractivity contribution in [3.8, 4) is 0 Å². The van der Waals surface area contributed by atoms with Gasteiger partial charge in [-0.2, -0.15) is 9.61 Å². The number of hydrogen-bond acceptors (Lipinski definition) is 4. The number of nitrogens with zero attached hydrogens (tertiary/aromatic N) is 4. The molecule has 1 fully saturated rings. The lowest BCUT2D eigenvalue weighted by molar-refractivity contribution is 0.161. The largest absolute Gasteiger partial charge is 0.393 e. The molecule has 1 N–H and O–H groups in total. The molecule has 0 saturated carbocycles. The van der Waals surface area contributed by atoms with Gasteiger partial charge in [0.05, 0.1) is 11.8 Å². The minimum atomic E-state index is -0.164. The molecule has 0 aliphatic carbocycles. The molecule has 1 saturated heterocycles. The fourth-order valence-corrected chi connectivity index (χ4v) is 2.73. The van der Waals surface area contributed by atoms with E-state index in [0.29, 0.717) is 0 Å². The first-order valence-electron chi connectivity index (χ1n) is 6.90. The molecule has 1 atom stereocenters. The summed E-state index contributed by atoms with van der Waals surface area (Å²) in [7, 11) is 0. The Hall–Kier alpha value is -1.62. The van der Waals surface area contributed by atoms with Gasteiger partial charge in [-0.3, -0.25) is 0 Å². The van der Waals surface area contributed by atoms with Crippen molar-refractivity contribution in [3.05, 3.63) is 23.5 Å². The van der Waals surface area contributed by atoms with Gasteiger partial charge in [0.1, 0.15) is 5.82 Å². The zero-order chi connectivity index (χ0) is 13.4. The van der Waals surface area contributed by atoms with Crippen LogP contribution in [0.5, 0.6) is 0 Å². The Kier molecular flexibility index (Phi) is 3.14. The highest BCUT2D eigenvalue weighted by Gasteiger charge is 2.18. The fourth-order valence-electron chi connectivity index (χ4n) is 2.73. The second kappa shape index (κ2) is 4.81.